The second-order valence-electron chi connectivity index (χ2n) is 10.1. The molecule has 39 heavy (non-hydrogen) atoms. The van der Waals surface area contributed by atoms with Crippen molar-refractivity contribution in [3.05, 3.63) is 95.6 Å². The number of anilines is 3. The van der Waals surface area contributed by atoms with Gasteiger partial charge in [0.05, 0.1) is 35.4 Å². The summed E-state index contributed by atoms with van der Waals surface area (Å²) in [7, 11) is 0. The van der Waals surface area contributed by atoms with Gasteiger partial charge in [0, 0.05) is 18.2 Å². The Balaban J connectivity index is 1.46. The monoisotopic (exact) mass is 522 g/mol. The molecule has 3 atom stereocenters. The topological polar surface area (TPSA) is 76.2 Å². The highest BCUT2D eigenvalue weighted by Gasteiger charge is 2.54. The third-order valence-corrected chi connectivity index (χ3v) is 8.04. The third kappa shape index (κ3) is 4.18. The minimum absolute atomic E-state index is 0.151. The minimum atomic E-state index is -0.498. The number of para-hydroxylation sites is 2. The van der Waals surface area contributed by atoms with E-state index in [2.05, 4.69) is 11.0 Å². The van der Waals surface area contributed by atoms with Crippen LogP contribution in [0.4, 0.5) is 17.1 Å². The predicted octanol–water partition coefficient (Wildman–Crippen LogP) is 5.45. The molecule has 7 nitrogen and oxygen atoms in total. The van der Waals surface area contributed by atoms with E-state index in [1.807, 2.05) is 61.5 Å². The maximum atomic E-state index is 13.9. The summed E-state index contributed by atoms with van der Waals surface area (Å²) in [5.41, 5.74) is 4.52. The van der Waals surface area contributed by atoms with Crippen molar-refractivity contribution in [3.8, 4) is 5.75 Å². The lowest BCUT2D eigenvalue weighted by molar-refractivity contribution is -0.122. The van der Waals surface area contributed by atoms with Gasteiger partial charge >= 0.3 is 5.97 Å². The molecule has 1 aliphatic carbocycles. The van der Waals surface area contributed by atoms with Crippen LogP contribution in [0, 0.1) is 24.7 Å². The molecule has 198 valence electrons. The molecule has 3 aromatic carbocycles. The van der Waals surface area contributed by atoms with E-state index in [0.717, 1.165) is 22.5 Å². The fraction of sp³-hybridized carbons (Fsp3) is 0.281. The largest absolute Gasteiger partial charge is 0.487 e. The zero-order chi connectivity index (χ0) is 27.1. The van der Waals surface area contributed by atoms with E-state index < -0.39 is 11.8 Å². The minimum Gasteiger partial charge on any atom is -0.487 e. The molecule has 2 aliphatic heterocycles. The molecule has 0 bridgehead atoms. The molecular formula is C32H30N2O5. The molecule has 0 spiro atoms. The van der Waals surface area contributed by atoms with E-state index in [9.17, 15) is 14.4 Å². The number of allylic oxidation sites excluding steroid dienone is 1. The number of imide groups is 1. The summed E-state index contributed by atoms with van der Waals surface area (Å²) in [6.45, 7) is 4.73. The van der Waals surface area contributed by atoms with Gasteiger partial charge < -0.3 is 14.4 Å². The first-order valence-electron chi connectivity index (χ1n) is 13.4. The fourth-order valence-corrected chi connectivity index (χ4v) is 6.19. The molecule has 1 fully saturated rings. The summed E-state index contributed by atoms with van der Waals surface area (Å²) in [6, 6.07) is 22.6. The van der Waals surface area contributed by atoms with E-state index >= 15 is 0 Å². The number of rotatable bonds is 4. The molecule has 6 rings (SSSR count). The normalized spacial score (nSPS) is 22.1. The molecule has 3 aromatic rings. The summed E-state index contributed by atoms with van der Waals surface area (Å²) in [5.74, 6) is -1.21. The maximum absolute atomic E-state index is 13.9. The number of ether oxygens (including phenoxy) is 2. The molecule has 2 heterocycles. The number of esters is 1. The van der Waals surface area contributed by atoms with Gasteiger partial charge in [-0.15, -0.1) is 0 Å². The van der Waals surface area contributed by atoms with E-state index in [1.165, 1.54) is 4.90 Å². The number of amides is 2. The van der Waals surface area contributed by atoms with E-state index in [-0.39, 0.29) is 30.3 Å². The highest BCUT2D eigenvalue weighted by Crippen LogP contribution is 2.48. The highest BCUT2D eigenvalue weighted by molar-refractivity contribution is 6.22. The molecule has 2 amide bonds. The van der Waals surface area contributed by atoms with Gasteiger partial charge in [0.15, 0.2) is 0 Å². The van der Waals surface area contributed by atoms with Crippen LogP contribution in [-0.2, 0) is 14.3 Å². The van der Waals surface area contributed by atoms with Crippen LogP contribution in [0.5, 0.6) is 5.75 Å². The second-order valence-corrected chi connectivity index (χ2v) is 10.1. The van der Waals surface area contributed by atoms with Crippen LogP contribution in [0.2, 0.25) is 0 Å². The van der Waals surface area contributed by atoms with E-state index in [4.69, 9.17) is 9.47 Å². The van der Waals surface area contributed by atoms with Crippen molar-refractivity contribution in [3.63, 3.8) is 0 Å². The summed E-state index contributed by atoms with van der Waals surface area (Å²) in [4.78, 5) is 43.8. The number of hydrogen-bond acceptors (Lipinski definition) is 6. The van der Waals surface area contributed by atoms with Crippen molar-refractivity contribution in [1.29, 1.82) is 0 Å². The van der Waals surface area contributed by atoms with E-state index in [1.54, 1.807) is 25.1 Å². The predicted molar refractivity (Wildman–Crippen MR) is 148 cm³/mol. The molecular weight excluding hydrogens is 492 g/mol. The Morgan fingerprint density at radius 3 is 2.31 bits per heavy atom. The van der Waals surface area contributed by atoms with Crippen molar-refractivity contribution in [2.75, 3.05) is 29.6 Å². The Morgan fingerprint density at radius 1 is 0.923 bits per heavy atom. The smallest absolute Gasteiger partial charge is 0.338 e. The van der Waals surface area contributed by atoms with Gasteiger partial charge in [0.1, 0.15) is 12.4 Å². The van der Waals surface area contributed by atoms with Crippen LogP contribution in [0.25, 0.3) is 0 Å². The van der Waals surface area contributed by atoms with Crippen molar-refractivity contribution in [1.82, 2.24) is 0 Å². The van der Waals surface area contributed by atoms with Crippen LogP contribution >= 0.6 is 0 Å². The Labute approximate surface area is 227 Å². The zero-order valence-corrected chi connectivity index (χ0v) is 22.0. The second kappa shape index (κ2) is 10.1. The Bertz CT molecular complexity index is 1470. The van der Waals surface area contributed by atoms with Gasteiger partial charge in [0.2, 0.25) is 11.8 Å². The fourth-order valence-electron chi connectivity index (χ4n) is 6.19. The van der Waals surface area contributed by atoms with Crippen molar-refractivity contribution >= 4 is 34.8 Å². The molecule has 7 heteroatoms. The maximum Gasteiger partial charge on any atom is 0.338 e. The lowest BCUT2D eigenvalue weighted by Gasteiger charge is -2.40. The molecule has 3 aliphatic rings. The first-order valence-corrected chi connectivity index (χ1v) is 13.4. The summed E-state index contributed by atoms with van der Waals surface area (Å²) >= 11 is 0. The summed E-state index contributed by atoms with van der Waals surface area (Å²) in [6.07, 6.45) is 2.59. The highest BCUT2D eigenvalue weighted by atomic mass is 16.5. The zero-order valence-electron chi connectivity index (χ0n) is 22.0. The summed E-state index contributed by atoms with van der Waals surface area (Å²) < 4.78 is 11.7. The molecule has 0 aromatic heterocycles. The van der Waals surface area contributed by atoms with Gasteiger partial charge in [-0.1, -0.05) is 42.5 Å². The first-order chi connectivity index (χ1) is 19.0. The Kier molecular flexibility index (Phi) is 6.43. The number of nitrogens with zero attached hydrogens (tertiary/aromatic N) is 2. The average molecular weight is 523 g/mol. The van der Waals surface area contributed by atoms with Crippen LogP contribution < -0.4 is 14.5 Å². The van der Waals surface area contributed by atoms with Crippen LogP contribution in [0.1, 0.15) is 29.3 Å². The van der Waals surface area contributed by atoms with Crippen LogP contribution in [0.15, 0.2) is 84.4 Å². The number of fused-ring (bicyclic) bond motifs is 4. The Morgan fingerprint density at radius 2 is 1.62 bits per heavy atom. The molecule has 0 saturated carbocycles. The van der Waals surface area contributed by atoms with Crippen LogP contribution in [-0.4, -0.2) is 37.5 Å². The van der Waals surface area contributed by atoms with Crippen LogP contribution in [0.3, 0.4) is 0 Å². The number of benzene rings is 3. The quantitative estimate of drug-likeness (QED) is 0.258. The van der Waals surface area contributed by atoms with E-state index in [0.29, 0.717) is 36.6 Å². The van der Waals surface area contributed by atoms with Gasteiger partial charge in [0.25, 0.3) is 0 Å². The molecule has 0 radical (unpaired) electrons. The SMILES string of the molecule is CCOC(=O)c1ccc2c(c1C)N(c1ccccc1)C[C@H]1C(=CC[C@@H]3C(=O)N(c4ccccc4)C(=O)[C@@H]31)CO2. The molecule has 1 saturated heterocycles. The van der Waals surface area contributed by atoms with Gasteiger partial charge in [-0.2, -0.15) is 0 Å². The molecule has 0 N–H and O–H groups in total. The van der Waals surface area contributed by atoms with Crippen molar-refractivity contribution in [2.45, 2.75) is 20.3 Å². The Hall–Kier alpha value is -4.39. The van der Waals surface area contributed by atoms with Crippen molar-refractivity contribution in [2.24, 2.45) is 17.8 Å². The number of carbonyl (C=O) groups is 3. The average Bonchev–Trinajstić information content (AvgIpc) is 3.20. The summed E-state index contributed by atoms with van der Waals surface area (Å²) in [5, 5.41) is 0. The first kappa shape index (κ1) is 24.9. The lowest BCUT2D eigenvalue weighted by Crippen LogP contribution is -2.41. The molecule has 0 unspecified atom stereocenters. The van der Waals surface area contributed by atoms with Gasteiger partial charge in [-0.25, -0.2) is 4.79 Å². The lowest BCUT2D eigenvalue weighted by atomic mass is 9.72. The number of carbonyl (C=O) groups excluding carboxylic acids is 3. The van der Waals surface area contributed by atoms with Gasteiger partial charge in [-0.05, 0) is 67.8 Å². The van der Waals surface area contributed by atoms with Crippen molar-refractivity contribution < 1.29 is 23.9 Å². The third-order valence-electron chi connectivity index (χ3n) is 8.04. The number of hydrogen-bond donors (Lipinski definition) is 0. The van der Waals surface area contributed by atoms with Gasteiger partial charge in [-0.3, -0.25) is 14.5 Å². The standard InChI is InChI=1S/C32H30N2O5/c1-3-38-32(37)24-16-17-27-29(20(24)2)33(22-10-6-4-7-11-22)18-26-21(19-39-27)14-15-25-28(26)31(36)34(30(25)35)23-12-8-5-9-13-23/h4-14,16-17,25-26,28H,3,15,18-19H2,1-2H3/t25-,26-,28-/m0/s1.